The lowest BCUT2D eigenvalue weighted by Crippen LogP contribution is -2.46. The number of rotatable bonds is 17. The van der Waals surface area contributed by atoms with Crippen molar-refractivity contribution in [3.63, 3.8) is 0 Å². The quantitative estimate of drug-likeness (QED) is 0.0962. The average molecular weight is 841 g/mol. The van der Waals surface area contributed by atoms with Gasteiger partial charge in [0.15, 0.2) is 19.0 Å². The van der Waals surface area contributed by atoms with E-state index in [2.05, 4.69) is 47.8 Å². The molecule has 2 aromatic rings. The second-order valence-corrected chi connectivity index (χ2v) is 13.9. The minimum Gasteiger partial charge on any atom is -0.456 e. The summed E-state index contributed by atoms with van der Waals surface area (Å²) in [5, 5.41) is 4.57. The third-order valence-corrected chi connectivity index (χ3v) is 8.73. The number of ether oxygens (including phenoxy) is 4. The largest absolute Gasteiger partial charge is 0.456 e. The Morgan fingerprint density at radius 1 is 0.800 bits per heavy atom. The first-order valence-electron chi connectivity index (χ1n) is 20.4. The summed E-state index contributed by atoms with van der Waals surface area (Å²) in [4.78, 5) is 100. The van der Waals surface area contributed by atoms with Crippen LogP contribution in [-0.2, 0) is 55.8 Å². The lowest BCUT2D eigenvalue weighted by Gasteiger charge is -2.23. The summed E-state index contributed by atoms with van der Waals surface area (Å²) in [5.74, 6) is -3.09. The van der Waals surface area contributed by atoms with Crippen molar-refractivity contribution in [3.8, 4) is 11.1 Å². The maximum Gasteiger partial charge on any atom is 0.407 e. The van der Waals surface area contributed by atoms with E-state index in [-0.39, 0.29) is 25.4 Å². The predicted molar refractivity (Wildman–Crippen MR) is 225 cm³/mol. The number of likely N-dealkylation sites (tertiary alicyclic amines) is 1. The molecule has 0 radical (unpaired) electrons. The van der Waals surface area contributed by atoms with E-state index in [0.717, 1.165) is 35.1 Å². The lowest BCUT2D eigenvalue weighted by atomic mass is 9.91. The van der Waals surface area contributed by atoms with Crippen molar-refractivity contribution < 1.29 is 57.3 Å². The molecule has 4 rings (SSSR count). The first kappa shape index (κ1) is 52.4. The van der Waals surface area contributed by atoms with Crippen molar-refractivity contribution >= 4 is 47.8 Å². The van der Waals surface area contributed by atoms with Crippen molar-refractivity contribution in [3.05, 3.63) is 58.7 Å². The molecule has 4 amide bonds. The zero-order valence-electron chi connectivity index (χ0n) is 36.5. The number of hydrogen-bond acceptors (Lipinski definition) is 12. The summed E-state index contributed by atoms with van der Waals surface area (Å²) in [7, 11) is 4.43. The number of Topliss-reactive ketones (excluding diaryl/α,β-unsaturated/α-hetero) is 2. The molecule has 1 aliphatic heterocycles. The zero-order chi connectivity index (χ0) is 45.0. The second kappa shape index (κ2) is 29.6. The topological polar surface area (TPSA) is 204 Å². The van der Waals surface area contributed by atoms with Gasteiger partial charge in [0.1, 0.15) is 19.1 Å². The second-order valence-electron chi connectivity index (χ2n) is 13.9. The van der Waals surface area contributed by atoms with Gasteiger partial charge in [-0.15, -0.1) is 0 Å². The highest BCUT2D eigenvalue weighted by Gasteiger charge is 2.35. The molecule has 0 saturated carbocycles. The van der Waals surface area contributed by atoms with Gasteiger partial charge >= 0.3 is 18.0 Å². The van der Waals surface area contributed by atoms with E-state index in [1.54, 1.807) is 44.6 Å². The van der Waals surface area contributed by atoms with Gasteiger partial charge in [0, 0.05) is 38.4 Å². The SMILES string of the molecule is CCC.CCC.CCCN(CC(=O)OCC(=O)c1ccc(-c2ccc(C(=O)COC(=O)C3CCCN3C(=O)CNC(=O)OC)cc2)c2c1CCC2)C(=O)CNC=O.COC. The minimum absolute atomic E-state index is 0.243. The fraction of sp³-hybridized carbons (Fsp3) is 0.545. The van der Waals surface area contributed by atoms with E-state index in [4.69, 9.17) is 9.47 Å². The number of amides is 4. The van der Waals surface area contributed by atoms with E-state index < -0.39 is 54.9 Å². The number of fused-ring (bicyclic) bond motifs is 1. The Bertz CT molecular complexity index is 1710. The average Bonchev–Trinajstić information content (AvgIpc) is 3.95. The molecule has 2 aromatic carbocycles. The molecule has 16 nitrogen and oxygen atoms in total. The molecule has 1 atom stereocenters. The minimum atomic E-state index is -0.847. The molecule has 332 valence electrons. The highest BCUT2D eigenvalue weighted by atomic mass is 16.5. The third kappa shape index (κ3) is 17.3. The maximum absolute atomic E-state index is 13.2. The number of esters is 2. The van der Waals surface area contributed by atoms with Gasteiger partial charge in [-0.3, -0.25) is 28.8 Å². The van der Waals surface area contributed by atoms with Gasteiger partial charge in [0.2, 0.25) is 24.0 Å². The third-order valence-electron chi connectivity index (χ3n) is 8.73. The fourth-order valence-electron chi connectivity index (χ4n) is 6.25. The van der Waals surface area contributed by atoms with Crippen LogP contribution in [0.1, 0.15) is 105 Å². The number of benzene rings is 2. The summed E-state index contributed by atoms with van der Waals surface area (Å²) in [6.07, 6.45) is 5.94. The van der Waals surface area contributed by atoms with Crippen molar-refractivity contribution in [2.24, 2.45) is 0 Å². The smallest absolute Gasteiger partial charge is 0.407 e. The van der Waals surface area contributed by atoms with Gasteiger partial charge in [-0.1, -0.05) is 83.9 Å². The summed E-state index contributed by atoms with van der Waals surface area (Å²) < 4.78 is 19.2. The Labute approximate surface area is 354 Å². The van der Waals surface area contributed by atoms with E-state index in [0.29, 0.717) is 56.3 Å². The molecule has 2 aliphatic rings. The monoisotopic (exact) mass is 840 g/mol. The summed E-state index contributed by atoms with van der Waals surface area (Å²) in [6.45, 7) is 9.08. The van der Waals surface area contributed by atoms with E-state index in [1.807, 2.05) is 13.0 Å². The van der Waals surface area contributed by atoms with Crippen LogP contribution in [0.25, 0.3) is 11.1 Å². The molecular weight excluding hydrogens is 776 g/mol. The summed E-state index contributed by atoms with van der Waals surface area (Å²) >= 11 is 0. The van der Waals surface area contributed by atoms with Crippen LogP contribution < -0.4 is 10.6 Å². The van der Waals surface area contributed by atoms with Crippen LogP contribution in [0.15, 0.2) is 36.4 Å². The van der Waals surface area contributed by atoms with Crippen molar-refractivity contribution in [2.45, 2.75) is 92.0 Å². The molecule has 1 unspecified atom stereocenters. The Balaban J connectivity index is 0.00000183. The van der Waals surface area contributed by atoms with Gasteiger partial charge in [0.05, 0.1) is 13.7 Å². The summed E-state index contributed by atoms with van der Waals surface area (Å²) in [5.41, 5.74) is 4.41. The molecule has 0 spiro atoms. The Hall–Kier alpha value is -5.64. The van der Waals surface area contributed by atoms with Crippen LogP contribution >= 0.6 is 0 Å². The number of nitrogens with one attached hydrogen (secondary N) is 2. The normalized spacial score (nSPS) is 13.3. The molecule has 1 fully saturated rings. The van der Waals surface area contributed by atoms with E-state index in [1.165, 1.54) is 29.8 Å². The predicted octanol–water partition coefficient (Wildman–Crippen LogP) is 4.72. The van der Waals surface area contributed by atoms with Crippen LogP contribution in [0.5, 0.6) is 0 Å². The number of nitrogens with zero attached hydrogens (tertiary/aromatic N) is 2. The van der Waals surface area contributed by atoms with E-state index >= 15 is 0 Å². The molecular formula is C44H64N4O12. The molecule has 1 aliphatic carbocycles. The maximum atomic E-state index is 13.2. The summed E-state index contributed by atoms with van der Waals surface area (Å²) in [6, 6.07) is 9.52. The van der Waals surface area contributed by atoms with Crippen molar-refractivity contribution in [1.82, 2.24) is 20.4 Å². The molecule has 2 N–H and O–H groups in total. The van der Waals surface area contributed by atoms with E-state index in [9.17, 15) is 38.4 Å². The van der Waals surface area contributed by atoms with Crippen LogP contribution in [0.4, 0.5) is 4.79 Å². The first-order valence-corrected chi connectivity index (χ1v) is 20.4. The number of hydrogen-bond donors (Lipinski definition) is 2. The number of ketones is 2. The number of methoxy groups -OCH3 is 2. The van der Waals surface area contributed by atoms with Crippen molar-refractivity contribution in [1.29, 1.82) is 0 Å². The van der Waals surface area contributed by atoms with Crippen LogP contribution in [0.2, 0.25) is 0 Å². The standard InChI is InChI=1S/C36H42N4O11.2C3H8.C2H6O/c1-3-15-39(32(44)17-37-22-41)19-34(46)50-21-31(43)28-14-13-25(26-6-4-7-27(26)28)23-9-11-24(12-10-23)30(42)20-51-35(47)29-8-5-16-40(29)33(45)18-38-36(48)49-2;3*1-3-2/h9-14,22,29H,3-8,15-21H2,1-2H3,(H,37,41)(H,38,48);2*3H2,1-2H3;1-2H3. The molecule has 1 heterocycles. The van der Waals surface area contributed by atoms with Gasteiger partial charge in [-0.25, -0.2) is 9.59 Å². The highest BCUT2D eigenvalue weighted by molar-refractivity contribution is 6.01. The molecule has 60 heavy (non-hydrogen) atoms. The molecule has 1 saturated heterocycles. The Kier molecular flexibility index (Phi) is 25.8. The highest BCUT2D eigenvalue weighted by Crippen LogP contribution is 2.35. The zero-order valence-corrected chi connectivity index (χ0v) is 36.5. The fourth-order valence-corrected chi connectivity index (χ4v) is 6.25. The van der Waals surface area contributed by atoms with Crippen LogP contribution in [0.3, 0.4) is 0 Å². The Morgan fingerprint density at radius 2 is 1.42 bits per heavy atom. The molecule has 0 aromatic heterocycles. The molecule has 16 heteroatoms. The Morgan fingerprint density at radius 3 is 2.02 bits per heavy atom. The number of alkyl carbamates (subject to hydrolysis) is 1. The number of carbonyl (C=O) groups is 8. The molecule has 0 bridgehead atoms. The lowest BCUT2D eigenvalue weighted by molar-refractivity contribution is -0.152. The van der Waals surface area contributed by atoms with Gasteiger partial charge in [-0.2, -0.15) is 0 Å². The number of carbonyl (C=O) groups excluding carboxylic acids is 8. The van der Waals surface area contributed by atoms with Gasteiger partial charge in [-0.05, 0) is 60.8 Å². The first-order chi connectivity index (χ1) is 28.8. The van der Waals surface area contributed by atoms with Crippen LogP contribution in [0, 0.1) is 0 Å². The van der Waals surface area contributed by atoms with Crippen molar-refractivity contribution in [2.75, 3.05) is 67.3 Å². The van der Waals surface area contributed by atoms with Gasteiger partial charge in [0.25, 0.3) is 0 Å². The van der Waals surface area contributed by atoms with Crippen LogP contribution in [-0.4, -0.2) is 131 Å². The van der Waals surface area contributed by atoms with Gasteiger partial charge < -0.3 is 39.4 Å².